The molecule has 1 aromatic carbocycles. The molecule has 0 atom stereocenters. The van der Waals surface area contributed by atoms with Crippen LogP contribution in [0.4, 0.5) is 17.3 Å². The predicted octanol–water partition coefficient (Wildman–Crippen LogP) is 4.25. The number of anilines is 3. The van der Waals surface area contributed by atoms with Crippen LogP contribution in [0.2, 0.25) is 0 Å². The van der Waals surface area contributed by atoms with E-state index in [4.69, 9.17) is 0 Å². The summed E-state index contributed by atoms with van der Waals surface area (Å²) in [6.07, 6.45) is 1.09. The van der Waals surface area contributed by atoms with E-state index in [-0.39, 0.29) is 0 Å². The van der Waals surface area contributed by atoms with E-state index in [0.717, 1.165) is 30.3 Å². The first kappa shape index (κ1) is 13.1. The number of hydrogen-bond acceptors (Lipinski definition) is 3. The van der Waals surface area contributed by atoms with Crippen molar-refractivity contribution in [1.29, 1.82) is 0 Å². The van der Waals surface area contributed by atoms with Gasteiger partial charge in [0.25, 0.3) is 0 Å². The molecule has 0 amide bonds. The highest BCUT2D eigenvalue weighted by atomic mass is 127. The summed E-state index contributed by atoms with van der Waals surface area (Å²) >= 11 is 2.29. The van der Waals surface area contributed by atoms with Crippen LogP contribution in [0.1, 0.15) is 13.3 Å². The first-order chi connectivity index (χ1) is 8.78. The van der Waals surface area contributed by atoms with Crippen molar-refractivity contribution in [2.45, 2.75) is 13.3 Å². The maximum atomic E-state index is 4.50. The fourth-order valence-corrected chi connectivity index (χ4v) is 1.90. The molecule has 1 heterocycles. The lowest BCUT2D eigenvalue weighted by atomic mass is 10.3. The minimum atomic E-state index is 0.859. The minimum Gasteiger partial charge on any atom is -0.370 e. The molecule has 4 heteroatoms. The lowest BCUT2D eigenvalue weighted by molar-refractivity contribution is 0.970. The van der Waals surface area contributed by atoms with E-state index in [0.29, 0.717) is 0 Å². The van der Waals surface area contributed by atoms with E-state index in [9.17, 15) is 0 Å². The van der Waals surface area contributed by atoms with Crippen LogP contribution in [0.25, 0.3) is 0 Å². The molecule has 2 aromatic rings. The summed E-state index contributed by atoms with van der Waals surface area (Å²) < 4.78 is 1.23. The third kappa shape index (κ3) is 3.87. The molecule has 94 valence electrons. The maximum absolute atomic E-state index is 4.50. The average Bonchev–Trinajstić information content (AvgIpc) is 2.40. The van der Waals surface area contributed by atoms with Gasteiger partial charge in [0.05, 0.1) is 0 Å². The number of pyridine rings is 1. The second-order valence-electron chi connectivity index (χ2n) is 3.97. The second-order valence-corrected chi connectivity index (χ2v) is 5.21. The van der Waals surface area contributed by atoms with Crippen LogP contribution in [0.15, 0.2) is 42.5 Å². The number of nitrogens with zero attached hydrogens (tertiary/aromatic N) is 1. The summed E-state index contributed by atoms with van der Waals surface area (Å²) in [5.74, 6) is 1.77. The number of hydrogen-bond donors (Lipinski definition) is 2. The van der Waals surface area contributed by atoms with Crippen LogP contribution in [0, 0.1) is 3.57 Å². The first-order valence-electron chi connectivity index (χ1n) is 6.01. The van der Waals surface area contributed by atoms with Crippen molar-refractivity contribution in [1.82, 2.24) is 4.98 Å². The van der Waals surface area contributed by atoms with Gasteiger partial charge in [-0.15, -0.1) is 0 Å². The lowest BCUT2D eigenvalue weighted by Gasteiger charge is -2.08. The minimum absolute atomic E-state index is 0.859. The van der Waals surface area contributed by atoms with Gasteiger partial charge in [-0.1, -0.05) is 13.0 Å². The van der Waals surface area contributed by atoms with Gasteiger partial charge in [-0.2, -0.15) is 0 Å². The molecule has 3 nitrogen and oxygen atoms in total. The SMILES string of the molecule is CCCNc1cccc(Nc2ccc(I)cc2)n1. The Morgan fingerprint density at radius 2 is 1.78 bits per heavy atom. The second kappa shape index (κ2) is 6.58. The Kier molecular flexibility index (Phi) is 4.81. The maximum Gasteiger partial charge on any atom is 0.132 e. The van der Waals surface area contributed by atoms with Crippen LogP contribution in [-0.2, 0) is 0 Å². The van der Waals surface area contributed by atoms with Gasteiger partial charge < -0.3 is 10.6 Å². The molecule has 0 aliphatic heterocycles. The quantitative estimate of drug-likeness (QED) is 0.789. The Bertz CT molecular complexity index is 497. The Morgan fingerprint density at radius 3 is 2.50 bits per heavy atom. The third-order valence-corrected chi connectivity index (χ3v) is 3.14. The van der Waals surface area contributed by atoms with Crippen molar-refractivity contribution in [3.8, 4) is 0 Å². The van der Waals surface area contributed by atoms with Crippen molar-refractivity contribution in [2.24, 2.45) is 0 Å². The summed E-state index contributed by atoms with van der Waals surface area (Å²) in [6, 6.07) is 14.2. The zero-order valence-electron chi connectivity index (χ0n) is 10.3. The van der Waals surface area contributed by atoms with Gasteiger partial charge in [0.15, 0.2) is 0 Å². The van der Waals surface area contributed by atoms with Gasteiger partial charge in [0.2, 0.25) is 0 Å². The van der Waals surface area contributed by atoms with E-state index in [1.807, 2.05) is 18.2 Å². The van der Waals surface area contributed by atoms with Crippen LogP contribution in [0.3, 0.4) is 0 Å². The van der Waals surface area contributed by atoms with Gasteiger partial charge in [0, 0.05) is 15.8 Å². The summed E-state index contributed by atoms with van der Waals surface area (Å²) in [4.78, 5) is 4.50. The Balaban J connectivity index is 2.06. The van der Waals surface area contributed by atoms with E-state index in [1.54, 1.807) is 0 Å². The summed E-state index contributed by atoms with van der Waals surface area (Å²) in [5.41, 5.74) is 1.05. The fourth-order valence-electron chi connectivity index (χ4n) is 1.54. The third-order valence-electron chi connectivity index (χ3n) is 2.42. The van der Waals surface area contributed by atoms with Crippen LogP contribution >= 0.6 is 22.6 Å². The molecule has 18 heavy (non-hydrogen) atoms. The number of aromatic nitrogens is 1. The molecule has 0 spiro atoms. The summed E-state index contributed by atoms with van der Waals surface area (Å²) in [7, 11) is 0. The van der Waals surface area contributed by atoms with E-state index in [2.05, 4.69) is 69.4 Å². The largest absolute Gasteiger partial charge is 0.370 e. The summed E-state index contributed by atoms with van der Waals surface area (Å²) in [5, 5.41) is 6.57. The Morgan fingerprint density at radius 1 is 1.06 bits per heavy atom. The normalized spacial score (nSPS) is 10.1. The Hall–Kier alpha value is -1.30. The van der Waals surface area contributed by atoms with Gasteiger partial charge in [-0.3, -0.25) is 0 Å². The molecule has 0 saturated carbocycles. The monoisotopic (exact) mass is 353 g/mol. The highest BCUT2D eigenvalue weighted by Crippen LogP contribution is 2.17. The molecular formula is C14H16IN3. The van der Waals surface area contributed by atoms with E-state index in [1.165, 1.54) is 3.57 Å². The number of benzene rings is 1. The molecular weight excluding hydrogens is 337 g/mol. The molecule has 0 bridgehead atoms. The van der Waals surface area contributed by atoms with E-state index < -0.39 is 0 Å². The first-order valence-corrected chi connectivity index (χ1v) is 7.09. The van der Waals surface area contributed by atoms with E-state index >= 15 is 0 Å². The molecule has 2 N–H and O–H groups in total. The van der Waals surface area contributed by atoms with Crippen LogP contribution < -0.4 is 10.6 Å². The molecule has 0 fully saturated rings. The van der Waals surface area contributed by atoms with Crippen LogP contribution in [-0.4, -0.2) is 11.5 Å². The fraction of sp³-hybridized carbons (Fsp3) is 0.214. The number of rotatable bonds is 5. The molecule has 0 unspecified atom stereocenters. The highest BCUT2D eigenvalue weighted by Gasteiger charge is 1.98. The molecule has 0 aliphatic carbocycles. The zero-order chi connectivity index (χ0) is 12.8. The average molecular weight is 353 g/mol. The van der Waals surface area contributed by atoms with Gasteiger partial charge >= 0.3 is 0 Å². The zero-order valence-corrected chi connectivity index (χ0v) is 12.4. The van der Waals surface area contributed by atoms with Crippen molar-refractivity contribution < 1.29 is 0 Å². The molecule has 0 radical (unpaired) electrons. The number of nitrogens with one attached hydrogen (secondary N) is 2. The van der Waals surface area contributed by atoms with Crippen molar-refractivity contribution >= 4 is 39.9 Å². The standard InChI is InChI=1S/C14H16IN3/c1-2-10-16-13-4-3-5-14(18-13)17-12-8-6-11(15)7-9-12/h3-9H,2,10H2,1H3,(H2,16,17,18). The molecule has 2 rings (SSSR count). The van der Waals surface area contributed by atoms with Crippen molar-refractivity contribution in [3.05, 3.63) is 46.0 Å². The van der Waals surface area contributed by atoms with Crippen molar-refractivity contribution in [3.63, 3.8) is 0 Å². The topological polar surface area (TPSA) is 37.0 Å². The van der Waals surface area contributed by atoms with Gasteiger partial charge in [-0.25, -0.2) is 4.98 Å². The molecule has 1 aromatic heterocycles. The van der Waals surface area contributed by atoms with Gasteiger partial charge in [-0.05, 0) is 65.4 Å². The number of halogens is 1. The molecule has 0 saturated heterocycles. The summed E-state index contributed by atoms with van der Waals surface area (Å²) in [6.45, 7) is 3.08. The lowest BCUT2D eigenvalue weighted by Crippen LogP contribution is -2.03. The smallest absolute Gasteiger partial charge is 0.132 e. The van der Waals surface area contributed by atoms with Crippen molar-refractivity contribution in [2.75, 3.05) is 17.2 Å². The predicted molar refractivity (Wildman–Crippen MR) is 85.5 cm³/mol. The van der Waals surface area contributed by atoms with Crippen LogP contribution in [0.5, 0.6) is 0 Å². The Labute approximate surface area is 121 Å². The highest BCUT2D eigenvalue weighted by molar-refractivity contribution is 14.1. The molecule has 0 aliphatic rings. The van der Waals surface area contributed by atoms with Gasteiger partial charge in [0.1, 0.15) is 11.6 Å².